The van der Waals surface area contributed by atoms with Gasteiger partial charge < -0.3 is 10.6 Å². The van der Waals surface area contributed by atoms with Crippen molar-refractivity contribution in [3.05, 3.63) is 71.1 Å². The van der Waals surface area contributed by atoms with Crippen LogP contribution in [0, 0.1) is 0 Å². The minimum atomic E-state index is -3.25. The smallest absolute Gasteiger partial charge is 0.309 e. The first-order valence-electron chi connectivity index (χ1n) is 11.4. The number of hydrazine groups is 1. The summed E-state index contributed by atoms with van der Waals surface area (Å²) in [6, 6.07) is 14.3. The zero-order chi connectivity index (χ0) is 24.3. The molecule has 2 amide bonds. The van der Waals surface area contributed by atoms with Gasteiger partial charge in [-0.3, -0.25) is 9.59 Å². The molecule has 0 unspecified atom stereocenters. The van der Waals surface area contributed by atoms with Crippen LogP contribution in [0.15, 0.2) is 64.8 Å². The predicted octanol–water partition coefficient (Wildman–Crippen LogP) is 0.766. The largest absolute Gasteiger partial charge is 0.352 e. The number of sulfone groups is 1. The summed E-state index contributed by atoms with van der Waals surface area (Å²) in [4.78, 5) is 25.3. The number of nitrogens with two attached hydrogens (primary N) is 1. The van der Waals surface area contributed by atoms with Crippen LogP contribution in [-0.4, -0.2) is 39.1 Å². The van der Waals surface area contributed by atoms with Crippen molar-refractivity contribution < 1.29 is 23.4 Å². The molecule has 0 radical (unpaired) electrons. The molecule has 9 nitrogen and oxygen atoms in total. The molecular formula is C24H30N5O4S+. The van der Waals surface area contributed by atoms with E-state index in [-0.39, 0.29) is 22.8 Å². The summed E-state index contributed by atoms with van der Waals surface area (Å²) >= 11 is 0. The highest BCUT2D eigenvalue weighted by atomic mass is 32.2. The number of allylic oxidation sites excluding steroid dienone is 1. The van der Waals surface area contributed by atoms with E-state index in [1.165, 1.54) is 6.26 Å². The average molecular weight is 485 g/mol. The molecule has 1 fully saturated rings. The quantitative estimate of drug-likeness (QED) is 0.390. The van der Waals surface area contributed by atoms with E-state index in [9.17, 15) is 18.0 Å². The predicted molar refractivity (Wildman–Crippen MR) is 128 cm³/mol. The Morgan fingerprint density at radius 3 is 2.29 bits per heavy atom. The van der Waals surface area contributed by atoms with Crippen molar-refractivity contribution >= 4 is 27.3 Å². The van der Waals surface area contributed by atoms with Gasteiger partial charge in [-0.05, 0) is 74.6 Å². The van der Waals surface area contributed by atoms with Crippen LogP contribution in [0.25, 0.3) is 0 Å². The lowest BCUT2D eigenvalue weighted by Gasteiger charge is -2.19. The van der Waals surface area contributed by atoms with Gasteiger partial charge in [0.2, 0.25) is 5.70 Å². The van der Waals surface area contributed by atoms with E-state index in [2.05, 4.69) is 16.2 Å². The zero-order valence-electron chi connectivity index (χ0n) is 19.3. The first kappa shape index (κ1) is 23.9. The lowest BCUT2D eigenvalue weighted by atomic mass is 10.1. The van der Waals surface area contributed by atoms with Crippen molar-refractivity contribution in [3.8, 4) is 0 Å². The Bertz CT molecular complexity index is 1200. The topological polar surface area (TPSA) is 124 Å². The second-order valence-corrected chi connectivity index (χ2v) is 10.6. The van der Waals surface area contributed by atoms with Gasteiger partial charge in [0.05, 0.1) is 10.6 Å². The number of hydrogen-bond donors (Lipinski definition) is 4. The molecule has 2 aromatic carbocycles. The number of nitrogens with zero attached hydrogens (tertiary/aromatic N) is 1. The van der Waals surface area contributed by atoms with Crippen molar-refractivity contribution in [2.45, 2.75) is 43.5 Å². The van der Waals surface area contributed by atoms with Gasteiger partial charge in [-0.15, -0.1) is 0 Å². The molecule has 0 spiro atoms. The van der Waals surface area contributed by atoms with Crippen LogP contribution >= 0.6 is 0 Å². The monoisotopic (exact) mass is 484 g/mol. The third-order valence-corrected chi connectivity index (χ3v) is 6.93. The SMILES string of the molecule is CCNC(=O)c1ccc(N2N[NH2+]C(C(=O)NC3CC3)=C2CCc2ccc(S(C)(=O)=O)cc2)cc1. The standard InChI is InChI=1S/C24H29N5O4S/c1-3-25-23(30)17-7-11-19(12-8-17)29-21(22(27-28-29)24(31)26-18-9-10-18)15-6-16-4-13-20(14-5-16)34(2,32)33/h4-5,7-8,11-14,18,27-28H,3,6,9-10,15H2,1-2H3,(H,25,30)(H,26,31)/p+1. The second kappa shape index (κ2) is 9.96. The van der Waals surface area contributed by atoms with Crippen molar-refractivity contribution in [1.82, 2.24) is 16.2 Å². The summed E-state index contributed by atoms with van der Waals surface area (Å²) in [6.07, 6.45) is 4.38. The Kier molecular flexibility index (Phi) is 7.01. The first-order chi connectivity index (χ1) is 16.3. The van der Waals surface area contributed by atoms with Gasteiger partial charge >= 0.3 is 5.91 Å². The van der Waals surface area contributed by atoms with Crippen LogP contribution in [0.4, 0.5) is 5.69 Å². The summed E-state index contributed by atoms with van der Waals surface area (Å²) in [5.74, 6) is -0.244. The molecule has 2 aromatic rings. The van der Waals surface area contributed by atoms with E-state index in [0.717, 1.165) is 29.8 Å². The van der Waals surface area contributed by atoms with Gasteiger partial charge in [0.1, 0.15) is 5.70 Å². The van der Waals surface area contributed by atoms with E-state index in [0.29, 0.717) is 30.6 Å². The molecule has 5 N–H and O–H groups in total. The molecule has 1 heterocycles. The maximum atomic E-state index is 12.9. The van der Waals surface area contributed by atoms with E-state index in [4.69, 9.17) is 0 Å². The number of nitrogens with one attached hydrogen (secondary N) is 3. The van der Waals surface area contributed by atoms with Crippen molar-refractivity contribution in [2.24, 2.45) is 0 Å². The summed E-state index contributed by atoms with van der Waals surface area (Å²) in [7, 11) is -3.25. The van der Waals surface area contributed by atoms with Crippen LogP contribution < -0.4 is 26.6 Å². The summed E-state index contributed by atoms with van der Waals surface area (Å²) < 4.78 is 23.5. The summed E-state index contributed by atoms with van der Waals surface area (Å²) in [6.45, 7) is 2.43. The number of rotatable bonds is 9. The van der Waals surface area contributed by atoms with Gasteiger partial charge in [0.25, 0.3) is 5.91 Å². The minimum Gasteiger partial charge on any atom is -0.352 e. The lowest BCUT2D eigenvalue weighted by Crippen LogP contribution is -2.92. The number of benzene rings is 2. The third-order valence-electron chi connectivity index (χ3n) is 5.80. The second-order valence-electron chi connectivity index (χ2n) is 8.54. The highest BCUT2D eigenvalue weighted by molar-refractivity contribution is 7.90. The number of hydrogen-bond acceptors (Lipinski definition) is 6. The van der Waals surface area contributed by atoms with Crippen LogP contribution in [0.3, 0.4) is 0 Å². The van der Waals surface area contributed by atoms with Crippen molar-refractivity contribution in [1.29, 1.82) is 0 Å². The van der Waals surface area contributed by atoms with Gasteiger partial charge in [-0.2, -0.15) is 0 Å². The average Bonchev–Trinajstić information content (AvgIpc) is 3.52. The van der Waals surface area contributed by atoms with Crippen LogP contribution in [-0.2, 0) is 21.1 Å². The van der Waals surface area contributed by atoms with Gasteiger partial charge in [-0.25, -0.2) is 18.9 Å². The fourth-order valence-electron chi connectivity index (χ4n) is 3.77. The third kappa shape index (κ3) is 5.64. The Morgan fingerprint density at radius 1 is 1.03 bits per heavy atom. The molecule has 0 atom stereocenters. The summed E-state index contributed by atoms with van der Waals surface area (Å²) in [5, 5.41) is 7.68. The van der Waals surface area contributed by atoms with E-state index in [1.54, 1.807) is 41.8 Å². The fourth-order valence-corrected chi connectivity index (χ4v) is 4.40. The fraction of sp³-hybridized carbons (Fsp3) is 0.333. The maximum Gasteiger partial charge on any atom is 0.309 e. The number of amides is 2. The highest BCUT2D eigenvalue weighted by Crippen LogP contribution is 2.25. The first-order valence-corrected chi connectivity index (χ1v) is 13.3. The molecule has 1 aliphatic heterocycles. The van der Waals surface area contributed by atoms with E-state index < -0.39 is 9.84 Å². The number of quaternary nitrogens is 1. The molecule has 1 aliphatic carbocycles. The minimum absolute atomic E-state index is 0.112. The highest BCUT2D eigenvalue weighted by Gasteiger charge is 2.35. The summed E-state index contributed by atoms with van der Waals surface area (Å²) in [5.41, 5.74) is 8.62. The molecule has 0 saturated heterocycles. The molecule has 1 saturated carbocycles. The molecule has 10 heteroatoms. The van der Waals surface area contributed by atoms with E-state index in [1.807, 2.05) is 24.1 Å². The molecule has 4 rings (SSSR count). The number of anilines is 1. The Hall–Kier alpha value is -3.21. The van der Waals surface area contributed by atoms with Crippen molar-refractivity contribution in [2.75, 3.05) is 17.8 Å². The lowest BCUT2D eigenvalue weighted by molar-refractivity contribution is -0.652. The molecule has 0 aromatic heterocycles. The maximum absolute atomic E-state index is 12.9. The number of carbonyl (C=O) groups is 2. The molecule has 34 heavy (non-hydrogen) atoms. The van der Waals surface area contributed by atoms with Crippen LogP contribution in [0.1, 0.15) is 42.1 Å². The molecule has 2 aliphatic rings. The molecule has 180 valence electrons. The van der Waals surface area contributed by atoms with Crippen LogP contribution in [0.5, 0.6) is 0 Å². The normalized spacial score (nSPS) is 16.0. The Balaban J connectivity index is 1.55. The van der Waals surface area contributed by atoms with Gasteiger partial charge in [-0.1, -0.05) is 17.7 Å². The molecular weight excluding hydrogens is 454 g/mol. The number of aryl methyl sites for hydroxylation is 1. The van der Waals surface area contributed by atoms with Gasteiger partial charge in [0.15, 0.2) is 9.84 Å². The Morgan fingerprint density at radius 2 is 1.71 bits per heavy atom. The van der Waals surface area contributed by atoms with E-state index >= 15 is 0 Å². The van der Waals surface area contributed by atoms with Crippen molar-refractivity contribution in [3.63, 3.8) is 0 Å². The Labute approximate surface area is 199 Å². The van der Waals surface area contributed by atoms with Crippen LogP contribution in [0.2, 0.25) is 0 Å². The van der Waals surface area contributed by atoms with Gasteiger partial charge in [0, 0.05) is 24.4 Å². The molecule has 0 bridgehead atoms. The zero-order valence-corrected chi connectivity index (χ0v) is 20.1. The number of carbonyl (C=O) groups excluding carboxylic acids is 2.